The Labute approximate surface area is 104 Å². The lowest BCUT2D eigenvalue weighted by Gasteiger charge is -2.19. The number of urea groups is 1. The standard InChI is InChI=1S/C8H13ClN2O5S/c1-8(2)6(12)10(7(13)11(8)9)4-3-5-17(14,15)16/h3-5H2,1-2H3,(H,14,15,16). The zero-order chi connectivity index (χ0) is 13.4. The summed E-state index contributed by atoms with van der Waals surface area (Å²) in [5.41, 5.74) is -1.14. The van der Waals surface area contributed by atoms with E-state index >= 15 is 0 Å². The Balaban J connectivity index is 2.68. The van der Waals surface area contributed by atoms with E-state index in [1.165, 1.54) is 13.8 Å². The van der Waals surface area contributed by atoms with Crippen molar-refractivity contribution in [1.82, 2.24) is 9.32 Å². The lowest BCUT2D eigenvalue weighted by molar-refractivity contribution is -0.131. The van der Waals surface area contributed by atoms with Gasteiger partial charge >= 0.3 is 6.03 Å². The summed E-state index contributed by atoms with van der Waals surface area (Å²) in [4.78, 5) is 24.2. The normalized spacial score (nSPS) is 20.2. The molecule has 7 nitrogen and oxygen atoms in total. The topological polar surface area (TPSA) is 95.0 Å². The monoisotopic (exact) mass is 284 g/mol. The van der Waals surface area contributed by atoms with Gasteiger partial charge in [0.1, 0.15) is 5.54 Å². The third-order valence-electron chi connectivity index (χ3n) is 2.44. The molecule has 0 aromatic rings. The van der Waals surface area contributed by atoms with Gasteiger partial charge in [-0.15, -0.1) is 0 Å². The first-order valence-corrected chi connectivity index (χ1v) is 6.79. The second-order valence-electron chi connectivity index (χ2n) is 4.22. The van der Waals surface area contributed by atoms with Gasteiger partial charge in [0, 0.05) is 18.3 Å². The Morgan fingerprint density at radius 2 is 1.88 bits per heavy atom. The number of halogens is 1. The van der Waals surface area contributed by atoms with Gasteiger partial charge in [0.25, 0.3) is 16.0 Å². The van der Waals surface area contributed by atoms with E-state index in [0.717, 1.165) is 9.32 Å². The minimum absolute atomic E-state index is 0.0306. The summed E-state index contributed by atoms with van der Waals surface area (Å²) in [5.74, 6) is -1.000. The van der Waals surface area contributed by atoms with Gasteiger partial charge in [-0.1, -0.05) is 0 Å². The summed E-state index contributed by atoms with van der Waals surface area (Å²) >= 11 is 5.67. The molecule has 1 aliphatic heterocycles. The first-order chi connectivity index (χ1) is 7.57. The van der Waals surface area contributed by atoms with Crippen molar-refractivity contribution < 1.29 is 22.6 Å². The average molecular weight is 285 g/mol. The van der Waals surface area contributed by atoms with Crippen LogP contribution in [0, 0.1) is 0 Å². The lowest BCUT2D eigenvalue weighted by Crippen LogP contribution is -2.39. The van der Waals surface area contributed by atoms with E-state index in [1.54, 1.807) is 0 Å². The highest BCUT2D eigenvalue weighted by Crippen LogP contribution is 2.29. The van der Waals surface area contributed by atoms with Crippen LogP contribution < -0.4 is 0 Å². The zero-order valence-corrected chi connectivity index (χ0v) is 11.0. The van der Waals surface area contributed by atoms with E-state index in [-0.39, 0.29) is 13.0 Å². The maximum Gasteiger partial charge on any atom is 0.342 e. The summed E-state index contributed by atoms with van der Waals surface area (Å²) in [6, 6.07) is -0.683. The maximum absolute atomic E-state index is 11.8. The minimum Gasteiger partial charge on any atom is -0.286 e. The molecule has 1 fully saturated rings. The van der Waals surface area contributed by atoms with Crippen LogP contribution in [0.5, 0.6) is 0 Å². The number of carbonyl (C=O) groups is 2. The molecule has 0 spiro atoms. The lowest BCUT2D eigenvalue weighted by atomic mass is 10.1. The summed E-state index contributed by atoms with van der Waals surface area (Å²) in [7, 11) is -4.09. The molecule has 0 atom stereocenters. The molecule has 0 unspecified atom stereocenters. The molecule has 0 saturated carbocycles. The second kappa shape index (κ2) is 4.43. The van der Waals surface area contributed by atoms with Crippen molar-refractivity contribution >= 4 is 33.8 Å². The fraction of sp³-hybridized carbons (Fsp3) is 0.750. The van der Waals surface area contributed by atoms with Crippen LogP contribution in [0.15, 0.2) is 0 Å². The third kappa shape index (κ3) is 2.88. The fourth-order valence-electron chi connectivity index (χ4n) is 1.45. The summed E-state index contributed by atoms with van der Waals surface area (Å²) in [5, 5.41) is 0. The Bertz CT molecular complexity index is 447. The Hall–Kier alpha value is -0.860. The van der Waals surface area contributed by atoms with E-state index in [1.807, 2.05) is 0 Å². The molecule has 1 heterocycles. The smallest absolute Gasteiger partial charge is 0.286 e. The van der Waals surface area contributed by atoms with Gasteiger partial charge in [-0.3, -0.25) is 14.2 Å². The van der Waals surface area contributed by atoms with Crippen LogP contribution in [-0.4, -0.2) is 52.1 Å². The van der Waals surface area contributed by atoms with E-state index in [0.29, 0.717) is 0 Å². The van der Waals surface area contributed by atoms with Crippen molar-refractivity contribution in [2.45, 2.75) is 25.8 Å². The van der Waals surface area contributed by atoms with Crippen LogP contribution in [0.1, 0.15) is 20.3 Å². The number of hydrogen-bond acceptors (Lipinski definition) is 4. The number of amides is 3. The van der Waals surface area contributed by atoms with Crippen LogP contribution in [0.3, 0.4) is 0 Å². The molecule has 0 radical (unpaired) electrons. The van der Waals surface area contributed by atoms with E-state index < -0.39 is 33.3 Å². The summed E-state index contributed by atoms with van der Waals surface area (Å²) in [6.07, 6.45) is -0.0306. The van der Waals surface area contributed by atoms with Crippen molar-refractivity contribution in [3.63, 3.8) is 0 Å². The molecule has 1 N–H and O–H groups in total. The fourth-order valence-corrected chi connectivity index (χ4v) is 2.11. The molecule has 3 amide bonds. The highest BCUT2D eigenvalue weighted by Gasteiger charge is 2.50. The average Bonchev–Trinajstić information content (AvgIpc) is 2.31. The molecule has 98 valence electrons. The largest absolute Gasteiger partial charge is 0.342 e. The predicted octanol–water partition coefficient (Wildman–Crippen LogP) is 0.461. The number of hydrogen-bond donors (Lipinski definition) is 1. The molecule has 0 aromatic carbocycles. The summed E-state index contributed by atoms with van der Waals surface area (Å²) in [6.45, 7) is 2.89. The molecule has 0 aromatic heterocycles. The number of rotatable bonds is 4. The minimum atomic E-state index is -4.09. The van der Waals surface area contributed by atoms with E-state index in [9.17, 15) is 18.0 Å². The number of nitrogens with zero attached hydrogens (tertiary/aromatic N) is 2. The van der Waals surface area contributed by atoms with Crippen molar-refractivity contribution in [3.8, 4) is 0 Å². The predicted molar refractivity (Wildman–Crippen MR) is 59.9 cm³/mol. The van der Waals surface area contributed by atoms with Gasteiger partial charge < -0.3 is 0 Å². The summed E-state index contributed by atoms with van der Waals surface area (Å²) < 4.78 is 30.3. The molecular formula is C8H13ClN2O5S. The number of imide groups is 1. The molecule has 1 rings (SSSR count). The van der Waals surface area contributed by atoms with Crippen LogP contribution in [0.2, 0.25) is 0 Å². The van der Waals surface area contributed by atoms with Gasteiger partial charge in [0.15, 0.2) is 0 Å². The SMILES string of the molecule is CC1(C)C(=O)N(CCCS(=O)(=O)O)C(=O)N1Cl. The first kappa shape index (κ1) is 14.2. The van der Waals surface area contributed by atoms with Crippen LogP contribution in [0.25, 0.3) is 0 Å². The quantitative estimate of drug-likeness (QED) is 0.460. The van der Waals surface area contributed by atoms with Gasteiger partial charge in [0.2, 0.25) is 0 Å². The number of carbonyl (C=O) groups excluding carboxylic acids is 2. The maximum atomic E-state index is 11.8. The highest BCUT2D eigenvalue weighted by molar-refractivity contribution is 7.85. The first-order valence-electron chi connectivity index (χ1n) is 4.84. The van der Waals surface area contributed by atoms with Gasteiger partial charge in [0.05, 0.1) is 5.75 Å². The molecule has 0 aliphatic carbocycles. The highest BCUT2D eigenvalue weighted by atomic mass is 35.5. The Kier molecular flexibility index (Phi) is 3.70. The Morgan fingerprint density at radius 3 is 2.24 bits per heavy atom. The van der Waals surface area contributed by atoms with Crippen LogP contribution >= 0.6 is 11.8 Å². The van der Waals surface area contributed by atoms with Gasteiger partial charge in [-0.2, -0.15) is 8.42 Å². The van der Waals surface area contributed by atoms with Crippen LogP contribution in [-0.2, 0) is 14.9 Å². The molecule has 0 bridgehead atoms. The third-order valence-corrected chi connectivity index (χ3v) is 3.81. The van der Waals surface area contributed by atoms with Crippen molar-refractivity contribution in [2.75, 3.05) is 12.3 Å². The van der Waals surface area contributed by atoms with E-state index in [4.69, 9.17) is 16.3 Å². The zero-order valence-electron chi connectivity index (χ0n) is 9.38. The van der Waals surface area contributed by atoms with Crippen molar-refractivity contribution in [3.05, 3.63) is 0 Å². The van der Waals surface area contributed by atoms with Crippen molar-refractivity contribution in [1.29, 1.82) is 0 Å². The Morgan fingerprint density at radius 1 is 1.35 bits per heavy atom. The van der Waals surface area contributed by atoms with Gasteiger partial charge in [-0.05, 0) is 20.3 Å². The second-order valence-corrected chi connectivity index (χ2v) is 6.13. The van der Waals surface area contributed by atoms with Crippen molar-refractivity contribution in [2.24, 2.45) is 0 Å². The van der Waals surface area contributed by atoms with Gasteiger partial charge in [-0.25, -0.2) is 9.21 Å². The van der Waals surface area contributed by atoms with Crippen LogP contribution in [0.4, 0.5) is 4.79 Å². The molecule has 1 saturated heterocycles. The molecule has 17 heavy (non-hydrogen) atoms. The molecule has 1 aliphatic rings. The molecular weight excluding hydrogens is 272 g/mol. The van der Waals surface area contributed by atoms with E-state index in [2.05, 4.69) is 0 Å². The molecule has 9 heteroatoms.